The molecule has 138 valence electrons. The zero-order chi connectivity index (χ0) is 17.6. The molecule has 0 aliphatic carbocycles. The fourth-order valence-electron chi connectivity index (χ4n) is 3.15. The molecule has 2 N–H and O–H groups in total. The van der Waals surface area contributed by atoms with E-state index in [1.54, 1.807) is 0 Å². The van der Waals surface area contributed by atoms with Crippen LogP contribution in [0.15, 0.2) is 18.2 Å². The highest BCUT2D eigenvalue weighted by atomic mass is 35.5. The van der Waals surface area contributed by atoms with Crippen molar-refractivity contribution >= 4 is 52.5 Å². The number of benzene rings is 1. The monoisotopic (exact) mass is 401 g/mol. The highest BCUT2D eigenvalue weighted by Gasteiger charge is 2.26. The van der Waals surface area contributed by atoms with Crippen LogP contribution in [0.5, 0.6) is 0 Å². The third kappa shape index (κ3) is 4.90. The largest absolute Gasteiger partial charge is 0.396 e. The molecule has 25 heavy (non-hydrogen) atoms. The normalized spacial score (nSPS) is 21.3. The van der Waals surface area contributed by atoms with Gasteiger partial charge in [-0.05, 0) is 24.6 Å². The van der Waals surface area contributed by atoms with Crippen LogP contribution in [0, 0.1) is 0 Å². The molecule has 2 heterocycles. The van der Waals surface area contributed by atoms with Crippen LogP contribution in [-0.4, -0.2) is 71.3 Å². The van der Waals surface area contributed by atoms with Crippen LogP contribution in [0.25, 0.3) is 0 Å². The van der Waals surface area contributed by atoms with Gasteiger partial charge in [-0.15, -0.1) is 0 Å². The topological polar surface area (TPSA) is 55.8 Å². The highest BCUT2D eigenvalue weighted by Crippen LogP contribution is 2.31. The minimum atomic E-state index is -0.114. The van der Waals surface area contributed by atoms with Crippen molar-refractivity contribution in [1.29, 1.82) is 0 Å². The van der Waals surface area contributed by atoms with Gasteiger partial charge in [0.1, 0.15) is 0 Å². The lowest BCUT2D eigenvalue weighted by atomic mass is 10.2. The summed E-state index contributed by atoms with van der Waals surface area (Å²) in [4.78, 5) is 16.7. The second-order valence-electron chi connectivity index (χ2n) is 6.13. The molecule has 1 atom stereocenters. The number of aliphatic hydroxyl groups excluding tert-OH is 1. The first-order chi connectivity index (χ1) is 12.2. The lowest BCUT2D eigenvalue weighted by molar-refractivity contribution is 0.177. The Morgan fingerprint density at radius 1 is 1.24 bits per heavy atom. The summed E-state index contributed by atoms with van der Waals surface area (Å²) < 4.78 is 0. The van der Waals surface area contributed by atoms with Gasteiger partial charge >= 0.3 is 6.03 Å². The number of thioether (sulfide) groups is 2. The number of rotatable bonds is 4. The van der Waals surface area contributed by atoms with E-state index < -0.39 is 0 Å². The number of aliphatic hydroxyl groups is 1. The maximum atomic E-state index is 12.6. The molecule has 2 aliphatic heterocycles. The van der Waals surface area contributed by atoms with Gasteiger partial charge in [-0.1, -0.05) is 11.6 Å². The van der Waals surface area contributed by atoms with Crippen molar-refractivity contribution in [2.24, 2.45) is 0 Å². The van der Waals surface area contributed by atoms with Gasteiger partial charge in [0.25, 0.3) is 0 Å². The van der Waals surface area contributed by atoms with E-state index in [0.29, 0.717) is 23.7 Å². The Morgan fingerprint density at radius 3 is 2.72 bits per heavy atom. The number of hydrogen-bond acceptors (Lipinski definition) is 5. The number of amides is 2. The van der Waals surface area contributed by atoms with Crippen LogP contribution >= 0.6 is 35.1 Å². The van der Waals surface area contributed by atoms with E-state index in [-0.39, 0.29) is 18.7 Å². The Bertz CT molecular complexity index is 597. The molecule has 2 saturated heterocycles. The van der Waals surface area contributed by atoms with Crippen LogP contribution in [0.4, 0.5) is 16.2 Å². The quantitative estimate of drug-likeness (QED) is 0.811. The Morgan fingerprint density at radius 2 is 2.00 bits per heavy atom. The molecule has 0 aromatic heterocycles. The number of nitrogens with one attached hydrogen (secondary N) is 1. The van der Waals surface area contributed by atoms with Crippen molar-refractivity contribution in [2.75, 3.05) is 59.5 Å². The SMILES string of the molecule is O=C(Nc1ccc(N2CCSCC2)c(Cl)c1)N1CCSC[C@@H]1CCO. The van der Waals surface area contributed by atoms with E-state index in [1.165, 1.54) is 0 Å². The standard InChI is InChI=1S/C17H24ClN3O2S2/c18-15-11-13(1-2-16(15)20-4-8-24-9-5-20)19-17(23)21-6-10-25-12-14(21)3-7-22/h1-2,11,14,22H,3-10,12H2,(H,19,23)/t14-/m0/s1. The zero-order valence-electron chi connectivity index (χ0n) is 14.1. The average molecular weight is 402 g/mol. The van der Waals surface area contributed by atoms with Gasteiger partial charge in [-0.25, -0.2) is 4.79 Å². The van der Waals surface area contributed by atoms with Gasteiger partial charge in [-0.2, -0.15) is 23.5 Å². The third-order valence-corrected chi connectivity index (χ3v) is 6.84. The number of hydrogen-bond donors (Lipinski definition) is 2. The summed E-state index contributed by atoms with van der Waals surface area (Å²) >= 11 is 10.3. The minimum absolute atomic E-state index is 0.0874. The van der Waals surface area contributed by atoms with Gasteiger partial charge in [0.2, 0.25) is 0 Å². The Labute approximate surface area is 162 Å². The number of halogens is 1. The molecule has 2 amide bonds. The molecule has 5 nitrogen and oxygen atoms in total. The van der Waals surface area contributed by atoms with E-state index in [1.807, 2.05) is 46.6 Å². The summed E-state index contributed by atoms with van der Waals surface area (Å²) in [6.07, 6.45) is 0.618. The van der Waals surface area contributed by atoms with E-state index in [9.17, 15) is 9.90 Å². The predicted octanol–water partition coefficient (Wildman–Crippen LogP) is 3.22. The van der Waals surface area contributed by atoms with Crippen molar-refractivity contribution in [3.8, 4) is 0 Å². The van der Waals surface area contributed by atoms with Crippen LogP contribution in [-0.2, 0) is 0 Å². The first kappa shape index (κ1) is 19.0. The summed E-state index contributed by atoms with van der Waals surface area (Å²) in [7, 11) is 0. The molecule has 2 fully saturated rings. The average Bonchev–Trinajstić information content (AvgIpc) is 2.63. The predicted molar refractivity (Wildman–Crippen MR) is 110 cm³/mol. The molecule has 0 radical (unpaired) electrons. The summed E-state index contributed by atoms with van der Waals surface area (Å²) in [6, 6.07) is 5.71. The fourth-order valence-corrected chi connectivity index (χ4v) is 5.47. The molecule has 0 unspecified atom stereocenters. The van der Waals surface area contributed by atoms with Gasteiger partial charge in [0.05, 0.1) is 10.7 Å². The second-order valence-corrected chi connectivity index (χ2v) is 8.91. The molecule has 0 saturated carbocycles. The Hall–Kier alpha value is -0.760. The van der Waals surface area contributed by atoms with Gasteiger partial charge in [-0.3, -0.25) is 0 Å². The van der Waals surface area contributed by atoms with Crippen molar-refractivity contribution in [2.45, 2.75) is 12.5 Å². The summed E-state index contributed by atoms with van der Waals surface area (Å²) in [5.74, 6) is 4.05. The van der Waals surface area contributed by atoms with Crippen LogP contribution in [0.3, 0.4) is 0 Å². The molecule has 8 heteroatoms. The van der Waals surface area contributed by atoms with E-state index in [4.69, 9.17) is 11.6 Å². The highest BCUT2D eigenvalue weighted by molar-refractivity contribution is 7.99. The number of carbonyl (C=O) groups excluding carboxylic acids is 1. The molecule has 0 bridgehead atoms. The molecule has 0 spiro atoms. The van der Waals surface area contributed by atoms with Gasteiger partial charge in [0, 0.05) is 61.0 Å². The molecular formula is C17H24ClN3O2S2. The third-order valence-electron chi connectivity index (χ3n) is 4.50. The summed E-state index contributed by atoms with van der Waals surface area (Å²) in [6.45, 7) is 2.82. The van der Waals surface area contributed by atoms with Crippen LogP contribution in [0.1, 0.15) is 6.42 Å². The van der Waals surface area contributed by atoms with Crippen molar-refractivity contribution < 1.29 is 9.90 Å². The molecular weight excluding hydrogens is 378 g/mol. The second kappa shape index (κ2) is 9.26. The van der Waals surface area contributed by atoms with E-state index >= 15 is 0 Å². The lowest BCUT2D eigenvalue weighted by Crippen LogP contribution is -2.48. The first-order valence-corrected chi connectivity index (χ1v) is 11.3. The van der Waals surface area contributed by atoms with Crippen molar-refractivity contribution in [3.05, 3.63) is 23.2 Å². The van der Waals surface area contributed by atoms with Crippen molar-refractivity contribution in [1.82, 2.24) is 4.90 Å². The van der Waals surface area contributed by atoms with Crippen LogP contribution in [0.2, 0.25) is 5.02 Å². The smallest absolute Gasteiger partial charge is 0.322 e. The fraction of sp³-hybridized carbons (Fsp3) is 0.588. The number of urea groups is 1. The van der Waals surface area contributed by atoms with Gasteiger partial charge in [0.15, 0.2) is 0 Å². The molecule has 3 rings (SSSR count). The van der Waals surface area contributed by atoms with Crippen LogP contribution < -0.4 is 10.2 Å². The number of carbonyl (C=O) groups is 1. The zero-order valence-corrected chi connectivity index (χ0v) is 16.5. The first-order valence-electron chi connectivity index (χ1n) is 8.57. The minimum Gasteiger partial charge on any atom is -0.396 e. The molecule has 2 aliphatic rings. The van der Waals surface area contributed by atoms with Gasteiger partial charge < -0.3 is 20.2 Å². The lowest BCUT2D eigenvalue weighted by Gasteiger charge is -2.35. The van der Waals surface area contributed by atoms with E-state index in [0.717, 1.165) is 41.8 Å². The number of nitrogens with zero attached hydrogens (tertiary/aromatic N) is 2. The van der Waals surface area contributed by atoms with E-state index in [2.05, 4.69) is 10.2 Å². The summed E-state index contributed by atoms with van der Waals surface area (Å²) in [5, 5.41) is 12.8. The Kier molecular flexibility index (Phi) is 7.04. The maximum Gasteiger partial charge on any atom is 0.322 e. The summed E-state index contributed by atoms with van der Waals surface area (Å²) in [5.41, 5.74) is 1.75. The molecule has 1 aromatic rings. The van der Waals surface area contributed by atoms with Crippen molar-refractivity contribution in [3.63, 3.8) is 0 Å². The molecule has 1 aromatic carbocycles. The Balaban J connectivity index is 1.65. The number of anilines is 2. The maximum absolute atomic E-state index is 12.6.